The SMILES string of the molecule is Oc1cccc2cccnc12.Oc1cccc2cccnc12.[Zr]. The smallest absolute Gasteiger partial charge is 0.141 e. The summed E-state index contributed by atoms with van der Waals surface area (Å²) in [7, 11) is 0. The number of benzene rings is 2. The van der Waals surface area contributed by atoms with Crippen LogP contribution < -0.4 is 0 Å². The van der Waals surface area contributed by atoms with Gasteiger partial charge in [0.1, 0.15) is 22.5 Å². The van der Waals surface area contributed by atoms with Gasteiger partial charge >= 0.3 is 0 Å². The quantitative estimate of drug-likeness (QED) is 0.485. The van der Waals surface area contributed by atoms with Crippen molar-refractivity contribution in [3.05, 3.63) is 73.1 Å². The predicted octanol–water partition coefficient (Wildman–Crippen LogP) is 3.88. The Kier molecular flexibility index (Phi) is 5.83. The molecule has 2 aromatic heterocycles. The summed E-state index contributed by atoms with van der Waals surface area (Å²) in [4.78, 5) is 8.06. The molecule has 4 rings (SSSR count). The van der Waals surface area contributed by atoms with Crippen LogP contribution in [-0.2, 0) is 26.2 Å². The summed E-state index contributed by atoms with van der Waals surface area (Å²) < 4.78 is 0. The van der Waals surface area contributed by atoms with Gasteiger partial charge in [0.2, 0.25) is 0 Å². The van der Waals surface area contributed by atoms with Crippen molar-refractivity contribution >= 4 is 21.8 Å². The van der Waals surface area contributed by atoms with E-state index in [1.165, 1.54) is 0 Å². The second-order valence-corrected chi connectivity index (χ2v) is 4.70. The number of hydrogen-bond acceptors (Lipinski definition) is 4. The number of aromatic nitrogens is 2. The molecule has 23 heavy (non-hydrogen) atoms. The van der Waals surface area contributed by atoms with Gasteiger partial charge in [-0.25, -0.2) is 0 Å². The molecule has 112 valence electrons. The van der Waals surface area contributed by atoms with Gasteiger partial charge in [-0.15, -0.1) is 0 Å². The Morgan fingerprint density at radius 3 is 1.35 bits per heavy atom. The Morgan fingerprint density at radius 2 is 0.957 bits per heavy atom. The number of aromatic hydroxyl groups is 2. The van der Waals surface area contributed by atoms with Crippen LogP contribution in [0.2, 0.25) is 0 Å². The summed E-state index contributed by atoms with van der Waals surface area (Å²) in [5.41, 5.74) is 1.32. The number of hydrogen-bond donors (Lipinski definition) is 2. The third-order valence-electron chi connectivity index (χ3n) is 3.22. The topological polar surface area (TPSA) is 66.2 Å². The van der Waals surface area contributed by atoms with Gasteiger partial charge in [-0.3, -0.25) is 9.97 Å². The van der Waals surface area contributed by atoms with Crippen molar-refractivity contribution in [3.63, 3.8) is 0 Å². The number of phenols is 2. The second kappa shape index (κ2) is 7.84. The fourth-order valence-electron chi connectivity index (χ4n) is 2.18. The van der Waals surface area contributed by atoms with Gasteiger partial charge in [0.15, 0.2) is 0 Å². The van der Waals surface area contributed by atoms with Crippen LogP contribution in [0.25, 0.3) is 21.8 Å². The maximum Gasteiger partial charge on any atom is 0.141 e. The molecule has 4 nitrogen and oxygen atoms in total. The summed E-state index contributed by atoms with van der Waals surface area (Å²) in [6, 6.07) is 18.3. The molecule has 0 fully saturated rings. The Morgan fingerprint density at radius 1 is 0.565 bits per heavy atom. The molecule has 0 atom stereocenters. The third-order valence-corrected chi connectivity index (χ3v) is 3.22. The summed E-state index contributed by atoms with van der Waals surface area (Å²) in [5, 5.41) is 20.5. The molecule has 0 saturated heterocycles. The molecular formula is C18H14N2O2Zr. The molecule has 0 saturated carbocycles. The zero-order chi connectivity index (χ0) is 15.4. The summed E-state index contributed by atoms with van der Waals surface area (Å²) in [6.45, 7) is 0. The average molecular weight is 382 g/mol. The first-order valence-corrected chi connectivity index (χ1v) is 6.81. The summed E-state index contributed by atoms with van der Waals surface area (Å²) in [6.07, 6.45) is 3.34. The molecule has 0 aliphatic heterocycles. The maximum atomic E-state index is 9.31. The van der Waals surface area contributed by atoms with Crippen molar-refractivity contribution < 1.29 is 36.4 Å². The largest absolute Gasteiger partial charge is 0.506 e. The van der Waals surface area contributed by atoms with E-state index in [1.54, 1.807) is 36.7 Å². The number of fused-ring (bicyclic) bond motifs is 2. The fraction of sp³-hybridized carbons (Fsp3) is 0. The molecule has 2 aromatic carbocycles. The van der Waals surface area contributed by atoms with Gasteiger partial charge in [0.25, 0.3) is 0 Å². The molecule has 0 unspecified atom stereocenters. The fourth-order valence-corrected chi connectivity index (χ4v) is 2.18. The molecule has 0 amide bonds. The van der Waals surface area contributed by atoms with Gasteiger partial charge in [0.05, 0.1) is 0 Å². The molecule has 0 aliphatic rings. The molecular weight excluding hydrogens is 367 g/mol. The van der Waals surface area contributed by atoms with Crippen molar-refractivity contribution in [1.82, 2.24) is 9.97 Å². The van der Waals surface area contributed by atoms with Crippen LogP contribution in [0.5, 0.6) is 11.5 Å². The minimum atomic E-state index is 0. The van der Waals surface area contributed by atoms with E-state index in [1.807, 2.05) is 36.4 Å². The molecule has 0 radical (unpaired) electrons. The van der Waals surface area contributed by atoms with E-state index in [0.29, 0.717) is 11.0 Å². The number of nitrogens with zero attached hydrogens (tertiary/aromatic N) is 2. The Hall–Kier alpha value is -2.26. The third kappa shape index (κ3) is 3.94. The van der Waals surface area contributed by atoms with Crippen LogP contribution in [0.15, 0.2) is 73.1 Å². The second-order valence-electron chi connectivity index (χ2n) is 4.70. The minimum absolute atomic E-state index is 0. The first kappa shape index (κ1) is 17.1. The number of phenolic OH excluding ortho intramolecular Hbond substituents is 2. The van der Waals surface area contributed by atoms with Crippen LogP contribution in [0, 0.1) is 0 Å². The first-order valence-electron chi connectivity index (χ1n) is 6.81. The normalized spacial score (nSPS) is 9.74. The number of rotatable bonds is 0. The van der Waals surface area contributed by atoms with Crippen molar-refractivity contribution in [1.29, 1.82) is 0 Å². The molecule has 4 aromatic rings. The van der Waals surface area contributed by atoms with E-state index < -0.39 is 0 Å². The van der Waals surface area contributed by atoms with Crippen LogP contribution in [0.3, 0.4) is 0 Å². The van der Waals surface area contributed by atoms with Crippen LogP contribution in [0.1, 0.15) is 0 Å². The molecule has 5 heteroatoms. The Labute approximate surface area is 152 Å². The van der Waals surface area contributed by atoms with Crippen LogP contribution in [0.4, 0.5) is 0 Å². The first-order chi connectivity index (χ1) is 10.8. The van der Waals surface area contributed by atoms with Crippen molar-refractivity contribution in [2.24, 2.45) is 0 Å². The van der Waals surface area contributed by atoms with Gasteiger partial charge in [0, 0.05) is 49.4 Å². The summed E-state index contributed by atoms with van der Waals surface area (Å²) >= 11 is 0. The van der Waals surface area contributed by atoms with Gasteiger partial charge in [-0.2, -0.15) is 0 Å². The van der Waals surface area contributed by atoms with Crippen molar-refractivity contribution in [2.75, 3.05) is 0 Å². The van der Waals surface area contributed by atoms with E-state index in [2.05, 4.69) is 9.97 Å². The van der Waals surface area contributed by atoms with Crippen LogP contribution in [-0.4, -0.2) is 20.2 Å². The predicted molar refractivity (Wildman–Crippen MR) is 86.8 cm³/mol. The van der Waals surface area contributed by atoms with Crippen molar-refractivity contribution in [3.8, 4) is 11.5 Å². The number of pyridine rings is 2. The van der Waals surface area contributed by atoms with E-state index in [4.69, 9.17) is 0 Å². The minimum Gasteiger partial charge on any atom is -0.506 e. The van der Waals surface area contributed by atoms with Gasteiger partial charge in [-0.1, -0.05) is 36.4 Å². The monoisotopic (exact) mass is 380 g/mol. The van der Waals surface area contributed by atoms with E-state index in [0.717, 1.165) is 10.8 Å². The van der Waals surface area contributed by atoms with E-state index in [9.17, 15) is 10.2 Å². The maximum absolute atomic E-state index is 9.31. The molecule has 0 bridgehead atoms. The Bertz CT molecular complexity index is 841. The van der Waals surface area contributed by atoms with Crippen LogP contribution >= 0.6 is 0 Å². The summed E-state index contributed by atoms with van der Waals surface area (Å²) in [5.74, 6) is 0.478. The van der Waals surface area contributed by atoms with Gasteiger partial charge < -0.3 is 10.2 Å². The van der Waals surface area contributed by atoms with Gasteiger partial charge in [-0.05, 0) is 24.3 Å². The molecule has 0 spiro atoms. The standard InChI is InChI=1S/2C9H7NO.Zr/c2*11-8-5-1-3-7-4-2-6-10-9(7)8;/h2*1-6,11H;. The zero-order valence-electron chi connectivity index (χ0n) is 12.2. The molecule has 0 aliphatic carbocycles. The number of para-hydroxylation sites is 2. The average Bonchev–Trinajstić information content (AvgIpc) is 2.57. The van der Waals surface area contributed by atoms with E-state index in [-0.39, 0.29) is 37.7 Å². The van der Waals surface area contributed by atoms with Crippen molar-refractivity contribution in [2.45, 2.75) is 0 Å². The Balaban J connectivity index is 0.000000160. The zero-order valence-corrected chi connectivity index (χ0v) is 14.7. The molecule has 2 N–H and O–H groups in total. The van der Waals surface area contributed by atoms with E-state index >= 15 is 0 Å². The molecule has 2 heterocycles.